The molecule has 0 atom stereocenters. The number of methoxy groups -OCH3 is 1. The molecule has 0 bridgehead atoms. The van der Waals surface area contributed by atoms with Crippen LogP contribution in [0.15, 0.2) is 48.5 Å². The normalized spacial score (nSPS) is 13.7. The van der Waals surface area contributed by atoms with Crippen LogP contribution in [-0.2, 0) is 9.47 Å². The Kier molecular flexibility index (Phi) is 6.20. The van der Waals surface area contributed by atoms with Crippen molar-refractivity contribution in [2.75, 3.05) is 43.6 Å². The highest BCUT2D eigenvalue weighted by Crippen LogP contribution is 2.26. The first-order valence-corrected chi connectivity index (χ1v) is 10.1. The number of morpholine rings is 1. The second-order valence-corrected chi connectivity index (χ2v) is 7.39. The Morgan fingerprint density at radius 1 is 1.16 bits per heavy atom. The van der Waals surface area contributed by atoms with Gasteiger partial charge in [0, 0.05) is 29.4 Å². The molecule has 160 valence electrons. The summed E-state index contributed by atoms with van der Waals surface area (Å²) in [5.74, 6) is -0.959. The number of rotatable bonds is 5. The van der Waals surface area contributed by atoms with Crippen molar-refractivity contribution in [1.29, 1.82) is 0 Å². The van der Waals surface area contributed by atoms with Crippen molar-refractivity contribution in [1.82, 2.24) is 10.2 Å². The van der Waals surface area contributed by atoms with Crippen molar-refractivity contribution >= 4 is 34.9 Å². The molecule has 8 nitrogen and oxygen atoms in total. The molecule has 0 spiro atoms. The van der Waals surface area contributed by atoms with Crippen LogP contribution in [0.2, 0.25) is 5.02 Å². The zero-order valence-electron chi connectivity index (χ0n) is 16.9. The highest BCUT2D eigenvalue weighted by Gasteiger charge is 2.20. The lowest BCUT2D eigenvalue weighted by Gasteiger charge is -2.29. The fraction of sp³-hybridized carbons (Fsp3) is 0.227. The lowest BCUT2D eigenvalue weighted by molar-refractivity contribution is 0.0602. The third kappa shape index (κ3) is 4.70. The minimum absolute atomic E-state index is 0.253. The summed E-state index contributed by atoms with van der Waals surface area (Å²) in [5, 5.41) is 10.3. The van der Waals surface area contributed by atoms with E-state index in [2.05, 4.69) is 20.4 Å². The molecule has 0 radical (unpaired) electrons. The van der Waals surface area contributed by atoms with Crippen molar-refractivity contribution in [2.24, 2.45) is 0 Å². The molecular formula is C22H21ClN4O4. The standard InChI is InChI=1S/C22H21ClN4O4/c1-30-22(29)17-12-16(27-7-9-31-10-8-27)5-6-18(17)24-21(28)20-13-19(25-26-20)14-3-2-4-15(23)11-14/h2-6,11-13H,7-10H2,1H3,(H,24,28)(H,25,26). The summed E-state index contributed by atoms with van der Waals surface area (Å²) in [6, 6.07) is 14.1. The molecule has 4 rings (SSSR count). The second kappa shape index (κ2) is 9.20. The molecule has 1 saturated heterocycles. The van der Waals surface area contributed by atoms with E-state index in [1.54, 1.807) is 30.3 Å². The highest BCUT2D eigenvalue weighted by molar-refractivity contribution is 6.30. The number of amides is 1. The van der Waals surface area contributed by atoms with Gasteiger partial charge < -0.3 is 19.7 Å². The van der Waals surface area contributed by atoms with Gasteiger partial charge in [-0.05, 0) is 36.4 Å². The van der Waals surface area contributed by atoms with Crippen LogP contribution in [0.1, 0.15) is 20.8 Å². The monoisotopic (exact) mass is 440 g/mol. The fourth-order valence-electron chi connectivity index (χ4n) is 3.36. The lowest BCUT2D eigenvalue weighted by atomic mass is 10.1. The molecule has 1 amide bonds. The van der Waals surface area contributed by atoms with Gasteiger partial charge in [0.25, 0.3) is 5.91 Å². The van der Waals surface area contributed by atoms with E-state index in [4.69, 9.17) is 21.1 Å². The Hall–Kier alpha value is -3.36. The Balaban J connectivity index is 1.56. The highest BCUT2D eigenvalue weighted by atomic mass is 35.5. The summed E-state index contributed by atoms with van der Waals surface area (Å²) in [6.07, 6.45) is 0. The van der Waals surface area contributed by atoms with Crippen molar-refractivity contribution < 1.29 is 19.1 Å². The zero-order valence-corrected chi connectivity index (χ0v) is 17.6. The Bertz CT molecular complexity index is 1110. The molecule has 1 aromatic heterocycles. The van der Waals surface area contributed by atoms with Crippen LogP contribution in [0.5, 0.6) is 0 Å². The maximum absolute atomic E-state index is 12.8. The molecule has 2 N–H and O–H groups in total. The summed E-state index contributed by atoms with van der Waals surface area (Å²) in [5.41, 5.74) is 3.12. The molecule has 1 aliphatic rings. The van der Waals surface area contributed by atoms with Crippen LogP contribution < -0.4 is 10.2 Å². The first kappa shape index (κ1) is 20.9. The molecule has 2 aromatic carbocycles. The van der Waals surface area contributed by atoms with Gasteiger partial charge in [-0.2, -0.15) is 5.10 Å². The van der Waals surface area contributed by atoms with Crippen molar-refractivity contribution in [3.63, 3.8) is 0 Å². The van der Waals surface area contributed by atoms with E-state index in [0.29, 0.717) is 29.6 Å². The third-order valence-electron chi connectivity index (χ3n) is 4.98. The summed E-state index contributed by atoms with van der Waals surface area (Å²) in [4.78, 5) is 27.3. The number of nitrogens with one attached hydrogen (secondary N) is 2. The van der Waals surface area contributed by atoms with Gasteiger partial charge >= 0.3 is 5.97 Å². The minimum atomic E-state index is -0.533. The molecule has 3 aromatic rings. The zero-order chi connectivity index (χ0) is 21.8. The smallest absolute Gasteiger partial charge is 0.340 e. The fourth-order valence-corrected chi connectivity index (χ4v) is 3.55. The van der Waals surface area contributed by atoms with Crippen molar-refractivity contribution in [3.8, 4) is 11.3 Å². The first-order valence-electron chi connectivity index (χ1n) is 9.73. The summed E-state index contributed by atoms with van der Waals surface area (Å²) in [6.45, 7) is 2.71. The second-order valence-electron chi connectivity index (χ2n) is 6.95. The van der Waals surface area contributed by atoms with Gasteiger partial charge in [-0.15, -0.1) is 0 Å². The van der Waals surface area contributed by atoms with Crippen molar-refractivity contribution in [2.45, 2.75) is 0 Å². The number of esters is 1. The minimum Gasteiger partial charge on any atom is -0.465 e. The average molecular weight is 441 g/mol. The van der Waals surface area contributed by atoms with Gasteiger partial charge in [0.05, 0.1) is 37.3 Å². The largest absolute Gasteiger partial charge is 0.465 e. The van der Waals surface area contributed by atoms with E-state index in [-0.39, 0.29) is 11.3 Å². The van der Waals surface area contributed by atoms with Gasteiger partial charge in [-0.25, -0.2) is 4.79 Å². The summed E-state index contributed by atoms with van der Waals surface area (Å²) < 4.78 is 10.3. The Morgan fingerprint density at radius 3 is 2.71 bits per heavy atom. The van der Waals surface area contributed by atoms with Gasteiger partial charge in [-0.3, -0.25) is 9.89 Å². The molecule has 9 heteroatoms. The first-order chi connectivity index (χ1) is 15.0. The number of aromatic amines is 1. The van der Waals surface area contributed by atoms with E-state index in [0.717, 1.165) is 24.3 Å². The van der Waals surface area contributed by atoms with Gasteiger partial charge in [-0.1, -0.05) is 23.7 Å². The summed E-state index contributed by atoms with van der Waals surface area (Å²) in [7, 11) is 1.31. The molecule has 31 heavy (non-hydrogen) atoms. The van der Waals surface area contributed by atoms with Crippen LogP contribution in [0.4, 0.5) is 11.4 Å². The number of ether oxygens (including phenoxy) is 2. The third-order valence-corrected chi connectivity index (χ3v) is 5.21. The van der Waals surface area contributed by atoms with Crippen LogP contribution in [0, 0.1) is 0 Å². The van der Waals surface area contributed by atoms with Crippen LogP contribution >= 0.6 is 11.6 Å². The Morgan fingerprint density at radius 2 is 1.97 bits per heavy atom. The molecule has 2 heterocycles. The number of nitrogens with zero attached hydrogens (tertiary/aromatic N) is 2. The van der Waals surface area contributed by atoms with Crippen molar-refractivity contribution in [3.05, 3.63) is 64.8 Å². The van der Waals surface area contributed by atoms with E-state index >= 15 is 0 Å². The van der Waals surface area contributed by atoms with Gasteiger partial charge in [0.1, 0.15) is 5.69 Å². The maximum Gasteiger partial charge on any atom is 0.340 e. The number of aromatic nitrogens is 2. The number of carbonyl (C=O) groups is 2. The van der Waals surface area contributed by atoms with E-state index in [9.17, 15) is 9.59 Å². The van der Waals surface area contributed by atoms with Gasteiger partial charge in [0.15, 0.2) is 0 Å². The quantitative estimate of drug-likeness (QED) is 0.588. The number of halogens is 1. The number of anilines is 2. The molecule has 1 fully saturated rings. The molecule has 0 unspecified atom stereocenters. The number of hydrogen-bond donors (Lipinski definition) is 2. The number of carbonyl (C=O) groups excluding carboxylic acids is 2. The molecule has 1 aliphatic heterocycles. The average Bonchev–Trinajstić information content (AvgIpc) is 3.30. The topological polar surface area (TPSA) is 96.6 Å². The SMILES string of the molecule is COC(=O)c1cc(N2CCOCC2)ccc1NC(=O)c1cc(-c2cccc(Cl)c2)n[nH]1. The van der Waals surface area contributed by atoms with E-state index < -0.39 is 11.9 Å². The Labute approximate surface area is 184 Å². The van der Waals surface area contributed by atoms with E-state index in [1.165, 1.54) is 7.11 Å². The maximum atomic E-state index is 12.8. The van der Waals surface area contributed by atoms with Crippen LogP contribution in [0.3, 0.4) is 0 Å². The number of H-pyrrole nitrogens is 1. The molecule has 0 aliphatic carbocycles. The number of benzene rings is 2. The number of hydrogen-bond acceptors (Lipinski definition) is 6. The van der Waals surface area contributed by atoms with E-state index in [1.807, 2.05) is 18.2 Å². The summed E-state index contributed by atoms with van der Waals surface area (Å²) >= 11 is 6.03. The molecule has 0 saturated carbocycles. The lowest BCUT2D eigenvalue weighted by Crippen LogP contribution is -2.36. The predicted molar refractivity (Wildman–Crippen MR) is 118 cm³/mol. The van der Waals surface area contributed by atoms with Crippen LogP contribution in [-0.4, -0.2) is 55.5 Å². The van der Waals surface area contributed by atoms with Gasteiger partial charge in [0.2, 0.25) is 0 Å². The van der Waals surface area contributed by atoms with Crippen LogP contribution in [0.25, 0.3) is 11.3 Å². The molecular weight excluding hydrogens is 420 g/mol. The predicted octanol–water partition coefficient (Wildman–Crippen LogP) is 3.61.